The van der Waals surface area contributed by atoms with Gasteiger partial charge in [0.1, 0.15) is 28.5 Å². The Morgan fingerprint density at radius 1 is 0.572 bits per heavy atom. The van der Waals surface area contributed by atoms with E-state index in [0.717, 1.165) is 75.1 Å². The van der Waals surface area contributed by atoms with Crippen molar-refractivity contribution in [3.8, 4) is 63.0 Å². The monoisotopic (exact) mass is 2190 g/mol. The molecule has 39 heteroatoms. The van der Waals surface area contributed by atoms with Crippen LogP contribution < -0.4 is 65.1 Å². The van der Waals surface area contributed by atoms with Crippen molar-refractivity contribution in [2.75, 3.05) is 45.9 Å². The summed E-state index contributed by atoms with van der Waals surface area (Å²) in [6.07, 6.45) is 22.4. The molecule has 770 valence electrons. The molecule has 16 rings (SSSR count). The second-order valence-corrected chi connectivity index (χ2v) is 50.0. The van der Waals surface area contributed by atoms with E-state index in [9.17, 15) is 61.2 Å². The number of halogens is 6. The SMILES string of the molecule is CCC(C)c1cc([N+](=O)[O-])cc([N+](=O)[O-])c1OC(=O)C=C(C)C.CNC(=O)Oc1cccc2c1OC(C)(C)C2.CNC(=O)Oc1cccc2c1OC(C)(C)O2.CNC(=O)Oc1cccc2ccccc12.Cc1cc(Cl)ccc1NC(=S)N(C)C.Clc1ccccc1-c1nnc(-c2ccccc2Cl)nn1.O=C(NC(=O)c1c(F)cccc1F)Nc1ccc(Cl)cc1.[OH][Sn]([CH]1CCCCC1)([CH]1CCCCC1)[CH]1CCCCC1. The number of imide groups is 1. The zero-order valence-corrected chi connectivity index (χ0v) is 89.8. The summed E-state index contributed by atoms with van der Waals surface area (Å²) in [5, 5.41) is 58.0. The van der Waals surface area contributed by atoms with Crippen LogP contribution in [0.2, 0.25) is 31.9 Å². The zero-order chi connectivity index (χ0) is 106. The number of nitrogens with zero attached hydrogens (tertiary/aromatic N) is 7. The molecule has 3 heterocycles. The van der Waals surface area contributed by atoms with Crippen LogP contribution >= 0.6 is 58.6 Å². The van der Waals surface area contributed by atoms with Gasteiger partial charge < -0.3 is 64.6 Å². The number of fused-ring (bicyclic) bond motifs is 3. The minimum absolute atomic E-state index is 0.232. The third-order valence-electron chi connectivity index (χ3n) is 23.8. The van der Waals surface area contributed by atoms with Crippen LogP contribution in [0, 0.1) is 38.8 Å². The third kappa shape index (κ3) is 34.6. The number of aryl methyl sites for hydroxylation is 1. The number of hydrogen-bond acceptors (Lipinski definition) is 23. The van der Waals surface area contributed by atoms with Crippen molar-refractivity contribution in [1.82, 2.24) is 46.6 Å². The van der Waals surface area contributed by atoms with E-state index in [1.165, 1.54) is 154 Å². The first-order chi connectivity index (χ1) is 69.0. The number of amides is 6. The third-order valence-corrected chi connectivity index (χ3v) is 41.5. The Labute approximate surface area is 872 Å². The van der Waals surface area contributed by atoms with Gasteiger partial charge in [-0.15, -0.1) is 20.4 Å². The molecule has 3 aliphatic carbocycles. The van der Waals surface area contributed by atoms with Gasteiger partial charge in [-0.1, -0.05) is 151 Å². The average Bonchev–Trinajstić information content (AvgIpc) is 1.74. The number of anilines is 2. The Morgan fingerprint density at radius 2 is 1.04 bits per heavy atom. The fourth-order valence-electron chi connectivity index (χ4n) is 16.6. The Hall–Kier alpha value is -13.0. The standard InChI is InChI=1S/C15H18N2O6.C14H8Cl2N4.C14H9ClF2N2O2.C12H15NO3.C12H11NO2.C11H13NO4.C10H13ClN2S.3C6H11.H2O.Sn/c1-5-10(4)12-7-11(16(19)20)8-13(17(21)22)15(12)23-14(18)6-9(2)3;15-11-7-3-1-5-9(11)13-17-19-14(20-18-13)10-6-2-4-8-12(10)16;15-8-4-6-9(7-5-8)18-14(21)19-13(20)12-10(16)2-1-3-11(12)17;1-12(2)7-8-5-4-6-9(10(8)16-12)15-11(14)13-3;1-13-12(14)15-11-8-4-6-9-5-2-3-7-10(9)11;1-11(2)15-8-6-4-5-7(9(8)16-11)14-10(13)12-3;1-7-6-8(11)4-5-9(7)12-10(14)13(2)3;3*1-2-4-6-5-3-1;;/h6-8,10H,5H2,1-4H3;1-8H;1-7H,(H2,18,19,20,21);4-6H,7H2,1-3H3,(H,13,14);2-8H,1H3,(H,13,14);4-6H,1-3H3,(H,12,13);4-6H,1-3H3,(H,12,14);3*1H,2-6H2;1H2;/q;;;;;;;;;;;+1/p-1. The number of allylic oxidation sites excluding steroid dienone is 1. The Morgan fingerprint density at radius 3 is 1.53 bits per heavy atom. The molecule has 6 amide bonds. The van der Waals surface area contributed by atoms with Crippen LogP contribution in [-0.4, -0.2) is 145 Å². The van der Waals surface area contributed by atoms with E-state index < -0.39 is 99.2 Å². The van der Waals surface area contributed by atoms with Gasteiger partial charge in [0, 0.05) is 117 Å². The predicted molar refractivity (Wildman–Crippen MR) is 567 cm³/mol. The van der Waals surface area contributed by atoms with Crippen LogP contribution in [0.5, 0.6) is 40.2 Å². The summed E-state index contributed by atoms with van der Waals surface area (Å²) in [6.45, 7) is 16.5. The maximum atomic E-state index is 13.4. The van der Waals surface area contributed by atoms with Gasteiger partial charge in [0.15, 0.2) is 28.1 Å². The van der Waals surface area contributed by atoms with Gasteiger partial charge in [0.2, 0.25) is 28.9 Å². The normalized spacial score (nSPS) is 14.2. The molecule has 2 aliphatic heterocycles. The summed E-state index contributed by atoms with van der Waals surface area (Å²) in [6, 6.07) is 54.5. The van der Waals surface area contributed by atoms with Gasteiger partial charge in [-0.3, -0.25) is 30.3 Å². The van der Waals surface area contributed by atoms with E-state index in [-0.39, 0.29) is 22.8 Å². The molecule has 31 nitrogen and oxygen atoms in total. The number of benzene rings is 10. The van der Waals surface area contributed by atoms with Gasteiger partial charge in [-0.25, -0.2) is 32.8 Å². The van der Waals surface area contributed by atoms with Gasteiger partial charge in [0.05, 0.1) is 26.0 Å². The van der Waals surface area contributed by atoms with E-state index in [0.29, 0.717) is 95.1 Å². The van der Waals surface area contributed by atoms with Crippen LogP contribution in [0.3, 0.4) is 0 Å². The number of hydrogen-bond donors (Lipinski definition) is 7. The molecule has 3 fully saturated rings. The fourth-order valence-corrected chi connectivity index (χ4v) is 34.6. The number of rotatable bonds is 17. The summed E-state index contributed by atoms with van der Waals surface area (Å²) >= 11 is 25.9. The number of urea groups is 1. The number of thiocarbonyl (C=S) groups is 1. The molecule has 0 bridgehead atoms. The molecule has 0 saturated heterocycles. The summed E-state index contributed by atoms with van der Waals surface area (Å²) in [5.74, 6) is -1.37. The van der Waals surface area contributed by atoms with E-state index in [4.69, 9.17) is 91.8 Å². The molecule has 1 unspecified atom stereocenters. The number of carbonyl (C=O) groups is 6. The number of aromatic nitrogens is 4. The van der Waals surface area contributed by atoms with Crippen LogP contribution in [0.1, 0.15) is 191 Å². The summed E-state index contributed by atoms with van der Waals surface area (Å²) in [5.41, 5.74) is 3.81. The summed E-state index contributed by atoms with van der Waals surface area (Å²) in [4.78, 5) is 91.0. The maximum absolute atomic E-state index is 13.4. The molecule has 5 aliphatic rings. The Balaban J connectivity index is 0.000000185. The summed E-state index contributed by atoms with van der Waals surface area (Å²) in [7, 11) is 8.36. The molecule has 1 aromatic heterocycles. The van der Waals surface area contributed by atoms with Crippen LogP contribution in [0.4, 0.5) is 50.7 Å². The van der Waals surface area contributed by atoms with Crippen LogP contribution in [0.25, 0.3) is 33.5 Å². The molecule has 3 saturated carbocycles. The van der Waals surface area contributed by atoms with Crippen LogP contribution in [-0.2, 0) is 11.2 Å². The molecule has 145 heavy (non-hydrogen) atoms. The number of para-hydroxylation sites is 2. The first-order valence-corrected chi connectivity index (χ1v) is 55.4. The molecule has 11 aromatic rings. The Kier molecular flexibility index (Phi) is 44.6. The number of esters is 1. The quantitative estimate of drug-likeness (QED) is 0.00846. The average molecular weight is 2200 g/mol. The van der Waals surface area contributed by atoms with Crippen molar-refractivity contribution < 1.29 is 84.0 Å². The van der Waals surface area contributed by atoms with Gasteiger partial charge in [-0.05, 0) is 173 Å². The number of nitrogens with one attached hydrogen (secondary N) is 6. The van der Waals surface area contributed by atoms with Crippen molar-refractivity contribution in [3.63, 3.8) is 0 Å². The number of nitro benzene ring substituents is 2. The molecule has 0 spiro atoms. The second kappa shape index (κ2) is 55.9. The van der Waals surface area contributed by atoms with Gasteiger partial charge in [-0.2, -0.15) is 0 Å². The number of nitro groups is 2. The van der Waals surface area contributed by atoms with Crippen molar-refractivity contribution in [2.45, 2.75) is 201 Å². The zero-order valence-electron chi connectivity index (χ0n) is 83.2. The minimum atomic E-state index is -2.95. The molecular formula is C106H121Cl4F2N13O18SSn. The van der Waals surface area contributed by atoms with E-state index in [2.05, 4.69) is 47.0 Å². The molecule has 0 radical (unpaired) electrons. The molecular weight excluding hydrogens is 2070 g/mol. The fraction of sp³-hybridized carbons (Fsp3) is 0.349. The number of carbonyl (C=O) groups excluding carboxylic acids is 6. The van der Waals surface area contributed by atoms with Crippen LogP contribution in [0.15, 0.2) is 212 Å². The van der Waals surface area contributed by atoms with E-state index in [1.54, 1.807) is 77.1 Å². The second-order valence-electron chi connectivity index (χ2n) is 35.9. The predicted octanol–water partition coefficient (Wildman–Crippen LogP) is 26.8. The van der Waals surface area contributed by atoms with E-state index >= 15 is 0 Å². The number of non-ortho nitro benzene ring substituents is 1. The first kappa shape index (κ1) is 116. The van der Waals surface area contributed by atoms with Crippen molar-refractivity contribution >= 4 is 152 Å². The first-order valence-electron chi connectivity index (χ1n) is 47.2. The molecule has 10 aromatic carbocycles. The van der Waals surface area contributed by atoms with Gasteiger partial charge in [0.25, 0.3) is 11.6 Å². The van der Waals surface area contributed by atoms with Gasteiger partial charge >= 0.3 is 166 Å². The number of ether oxygens (including phenoxy) is 7. The van der Waals surface area contributed by atoms with Crippen molar-refractivity contribution in [3.05, 3.63) is 286 Å². The van der Waals surface area contributed by atoms with E-state index in [1.807, 2.05) is 155 Å². The Bertz CT molecular complexity index is 6140. The van der Waals surface area contributed by atoms with Crippen molar-refractivity contribution in [2.24, 2.45) is 0 Å². The van der Waals surface area contributed by atoms with Crippen molar-refractivity contribution in [1.29, 1.82) is 0 Å². The topological polar surface area (TPSA) is 401 Å². The summed E-state index contributed by atoms with van der Waals surface area (Å²) < 4.78 is 78.6. The molecule has 7 N–H and O–H groups in total. The molecule has 1 atom stereocenters.